The SMILES string of the molecule is CCC1(C)CSC(C)(C)OC1=O. The Morgan fingerprint density at radius 3 is 2.50 bits per heavy atom. The molecule has 0 aromatic rings. The van der Waals surface area contributed by atoms with E-state index in [2.05, 4.69) is 0 Å². The highest BCUT2D eigenvalue weighted by molar-refractivity contribution is 8.00. The number of cyclic esters (lactones) is 1. The summed E-state index contributed by atoms with van der Waals surface area (Å²) < 4.78 is 5.30. The van der Waals surface area contributed by atoms with E-state index in [1.54, 1.807) is 11.8 Å². The summed E-state index contributed by atoms with van der Waals surface area (Å²) in [4.78, 5) is 11.2. The highest BCUT2D eigenvalue weighted by Crippen LogP contribution is 2.41. The van der Waals surface area contributed by atoms with Crippen LogP contribution in [-0.4, -0.2) is 16.7 Å². The average Bonchev–Trinajstić information content (AvgIpc) is 1.97. The lowest BCUT2D eigenvalue weighted by Crippen LogP contribution is -2.43. The first-order valence-corrected chi connectivity index (χ1v) is 5.25. The van der Waals surface area contributed by atoms with Crippen LogP contribution in [0.15, 0.2) is 0 Å². The van der Waals surface area contributed by atoms with Crippen LogP contribution in [0.25, 0.3) is 0 Å². The van der Waals surface area contributed by atoms with Crippen molar-refractivity contribution in [1.29, 1.82) is 0 Å². The van der Waals surface area contributed by atoms with Crippen LogP contribution in [0, 0.1) is 5.41 Å². The highest BCUT2D eigenvalue weighted by Gasteiger charge is 2.43. The van der Waals surface area contributed by atoms with E-state index >= 15 is 0 Å². The van der Waals surface area contributed by atoms with Gasteiger partial charge in [-0.2, -0.15) is 0 Å². The zero-order valence-electron chi connectivity index (χ0n) is 8.14. The second kappa shape index (κ2) is 2.95. The van der Waals surface area contributed by atoms with E-state index in [-0.39, 0.29) is 16.3 Å². The van der Waals surface area contributed by atoms with E-state index < -0.39 is 0 Å². The Bertz CT molecular complexity index is 201. The van der Waals surface area contributed by atoms with Crippen LogP contribution in [0.5, 0.6) is 0 Å². The van der Waals surface area contributed by atoms with E-state index in [1.807, 2.05) is 27.7 Å². The van der Waals surface area contributed by atoms with Gasteiger partial charge >= 0.3 is 5.97 Å². The third-order valence-electron chi connectivity index (χ3n) is 2.35. The number of hydrogen-bond acceptors (Lipinski definition) is 3. The molecule has 0 aromatic carbocycles. The van der Waals surface area contributed by atoms with Crippen LogP contribution in [0.4, 0.5) is 0 Å². The van der Waals surface area contributed by atoms with Gasteiger partial charge in [0.15, 0.2) is 4.93 Å². The maximum atomic E-state index is 11.5. The van der Waals surface area contributed by atoms with Gasteiger partial charge in [-0.3, -0.25) is 4.79 Å². The van der Waals surface area contributed by atoms with E-state index in [0.717, 1.165) is 12.2 Å². The van der Waals surface area contributed by atoms with Gasteiger partial charge in [-0.05, 0) is 27.2 Å². The summed E-state index contributed by atoms with van der Waals surface area (Å²) in [5.74, 6) is 0.823. The predicted octanol–water partition coefficient (Wildman–Crippen LogP) is 2.43. The molecule has 1 heterocycles. The molecule has 0 saturated carbocycles. The first-order chi connectivity index (χ1) is 5.40. The number of rotatable bonds is 1. The molecule has 1 saturated heterocycles. The molecule has 12 heavy (non-hydrogen) atoms. The van der Waals surface area contributed by atoms with Gasteiger partial charge in [-0.15, -0.1) is 11.8 Å². The smallest absolute Gasteiger partial charge is 0.313 e. The summed E-state index contributed by atoms with van der Waals surface area (Å²) >= 11 is 1.71. The van der Waals surface area contributed by atoms with Crippen LogP contribution in [0.3, 0.4) is 0 Å². The van der Waals surface area contributed by atoms with Gasteiger partial charge in [-0.25, -0.2) is 0 Å². The number of ether oxygens (including phenoxy) is 1. The Morgan fingerprint density at radius 1 is 1.50 bits per heavy atom. The molecule has 70 valence electrons. The van der Waals surface area contributed by atoms with E-state index in [0.29, 0.717) is 0 Å². The summed E-state index contributed by atoms with van der Waals surface area (Å²) in [6, 6.07) is 0. The first kappa shape index (κ1) is 9.90. The summed E-state index contributed by atoms with van der Waals surface area (Å²) in [5.41, 5.74) is -0.264. The molecule has 0 aliphatic carbocycles. The lowest BCUT2D eigenvalue weighted by atomic mass is 9.90. The molecule has 0 spiro atoms. The molecule has 0 bridgehead atoms. The molecule has 0 amide bonds. The van der Waals surface area contributed by atoms with Gasteiger partial charge in [0.1, 0.15) is 0 Å². The first-order valence-electron chi connectivity index (χ1n) is 4.27. The number of thioether (sulfide) groups is 1. The third-order valence-corrected chi connectivity index (χ3v) is 3.91. The number of esters is 1. The highest BCUT2D eigenvalue weighted by atomic mass is 32.2. The average molecular weight is 188 g/mol. The second-order valence-electron chi connectivity index (χ2n) is 3.99. The summed E-state index contributed by atoms with van der Waals surface area (Å²) in [7, 11) is 0. The zero-order valence-corrected chi connectivity index (χ0v) is 8.96. The van der Waals surface area contributed by atoms with E-state index in [9.17, 15) is 4.79 Å². The Morgan fingerprint density at radius 2 is 2.08 bits per heavy atom. The standard InChI is InChI=1S/C9H16O2S/c1-5-9(4)6-12-8(2,3)11-7(9)10/h5-6H2,1-4H3. The van der Waals surface area contributed by atoms with Crippen molar-refractivity contribution in [2.24, 2.45) is 5.41 Å². The lowest BCUT2D eigenvalue weighted by Gasteiger charge is -2.38. The summed E-state index contributed by atoms with van der Waals surface area (Å²) in [5, 5.41) is 0. The molecule has 1 rings (SSSR count). The Kier molecular flexibility index (Phi) is 2.43. The summed E-state index contributed by atoms with van der Waals surface area (Å²) in [6.45, 7) is 7.87. The van der Waals surface area contributed by atoms with Gasteiger partial charge in [-0.1, -0.05) is 6.92 Å². The molecule has 2 nitrogen and oxygen atoms in total. The molecular formula is C9H16O2S. The molecule has 3 heteroatoms. The van der Waals surface area contributed by atoms with Gasteiger partial charge in [0, 0.05) is 5.75 Å². The van der Waals surface area contributed by atoms with Crippen LogP contribution >= 0.6 is 11.8 Å². The molecule has 0 aromatic heterocycles. The van der Waals surface area contributed by atoms with Gasteiger partial charge in [0.25, 0.3) is 0 Å². The number of hydrogen-bond donors (Lipinski definition) is 0. The fourth-order valence-corrected chi connectivity index (χ4v) is 2.14. The molecule has 1 atom stereocenters. The fraction of sp³-hybridized carbons (Fsp3) is 0.889. The number of carbonyl (C=O) groups excluding carboxylic acids is 1. The number of carbonyl (C=O) groups is 1. The van der Waals surface area contributed by atoms with Gasteiger partial charge in [0.2, 0.25) is 0 Å². The van der Waals surface area contributed by atoms with Crippen molar-refractivity contribution in [1.82, 2.24) is 0 Å². The minimum Gasteiger partial charge on any atom is -0.448 e. The van der Waals surface area contributed by atoms with Crippen molar-refractivity contribution in [3.63, 3.8) is 0 Å². The normalized spacial score (nSPS) is 34.5. The van der Waals surface area contributed by atoms with Gasteiger partial charge in [0.05, 0.1) is 5.41 Å². The topological polar surface area (TPSA) is 26.3 Å². The van der Waals surface area contributed by atoms with Crippen molar-refractivity contribution in [2.75, 3.05) is 5.75 Å². The maximum absolute atomic E-state index is 11.5. The van der Waals surface area contributed by atoms with Crippen molar-refractivity contribution in [3.8, 4) is 0 Å². The lowest BCUT2D eigenvalue weighted by molar-refractivity contribution is -0.161. The Balaban J connectivity index is 2.72. The molecule has 0 radical (unpaired) electrons. The van der Waals surface area contributed by atoms with E-state index in [1.165, 1.54) is 0 Å². The van der Waals surface area contributed by atoms with Crippen molar-refractivity contribution < 1.29 is 9.53 Å². The third kappa shape index (κ3) is 1.76. The largest absolute Gasteiger partial charge is 0.448 e. The molecule has 1 aliphatic rings. The molecule has 0 N–H and O–H groups in total. The second-order valence-corrected chi connectivity index (χ2v) is 5.55. The Hall–Kier alpha value is -0.180. The molecule has 1 unspecified atom stereocenters. The predicted molar refractivity (Wildman–Crippen MR) is 51.0 cm³/mol. The van der Waals surface area contributed by atoms with Gasteiger partial charge < -0.3 is 4.74 Å². The molecule has 1 fully saturated rings. The van der Waals surface area contributed by atoms with Crippen molar-refractivity contribution >= 4 is 17.7 Å². The molecule has 1 aliphatic heterocycles. The van der Waals surface area contributed by atoms with Crippen molar-refractivity contribution in [2.45, 2.75) is 39.0 Å². The van der Waals surface area contributed by atoms with Crippen LogP contribution in [-0.2, 0) is 9.53 Å². The van der Waals surface area contributed by atoms with Crippen LogP contribution in [0.1, 0.15) is 34.1 Å². The van der Waals surface area contributed by atoms with E-state index in [4.69, 9.17) is 4.74 Å². The monoisotopic (exact) mass is 188 g/mol. The summed E-state index contributed by atoms with van der Waals surface area (Å²) in [6.07, 6.45) is 0.856. The van der Waals surface area contributed by atoms with Crippen LogP contribution < -0.4 is 0 Å². The quantitative estimate of drug-likeness (QED) is 0.591. The van der Waals surface area contributed by atoms with Crippen molar-refractivity contribution in [3.05, 3.63) is 0 Å². The fourth-order valence-electron chi connectivity index (χ4n) is 1.01. The minimum absolute atomic E-state index is 0.0475. The minimum atomic E-state index is -0.328. The Labute approximate surface area is 78.1 Å². The zero-order chi connectivity index (χ0) is 9.41. The molecular weight excluding hydrogens is 172 g/mol. The van der Waals surface area contributed by atoms with Crippen LogP contribution in [0.2, 0.25) is 0 Å². The maximum Gasteiger partial charge on any atom is 0.313 e.